The van der Waals surface area contributed by atoms with E-state index in [1.165, 1.54) is 11.3 Å². The molecule has 0 amide bonds. The molecule has 0 spiro atoms. The first-order chi connectivity index (χ1) is 10.6. The first-order valence-corrected chi connectivity index (χ1v) is 8.85. The van der Waals surface area contributed by atoms with E-state index in [1.54, 1.807) is 11.3 Å². The van der Waals surface area contributed by atoms with Gasteiger partial charge in [0, 0.05) is 17.5 Å². The minimum atomic E-state index is 0. The van der Waals surface area contributed by atoms with Crippen LogP contribution in [0.25, 0.3) is 10.2 Å². The average Bonchev–Trinajstić information content (AvgIpc) is 3.08. The maximum atomic E-state index is 12.4. The molecule has 1 aliphatic heterocycles. The zero-order chi connectivity index (χ0) is 15.7. The fourth-order valence-electron chi connectivity index (χ4n) is 3.20. The molecule has 7 heteroatoms. The fourth-order valence-corrected chi connectivity index (χ4v) is 4.24. The number of rotatable bonds is 5. The van der Waals surface area contributed by atoms with Crippen molar-refractivity contribution in [3.8, 4) is 0 Å². The Morgan fingerprint density at radius 2 is 2.17 bits per heavy atom. The summed E-state index contributed by atoms with van der Waals surface area (Å²) in [6.45, 7) is 10.1. The van der Waals surface area contributed by atoms with Crippen molar-refractivity contribution in [2.75, 3.05) is 19.6 Å². The summed E-state index contributed by atoms with van der Waals surface area (Å²) in [6.07, 6.45) is 2.28. The Morgan fingerprint density at radius 3 is 2.83 bits per heavy atom. The quantitative estimate of drug-likeness (QED) is 0.864. The summed E-state index contributed by atoms with van der Waals surface area (Å²) in [6, 6.07) is 0.549. The van der Waals surface area contributed by atoms with Crippen LogP contribution in [0.15, 0.2) is 4.79 Å². The van der Waals surface area contributed by atoms with Crippen LogP contribution in [0, 0.1) is 13.8 Å². The number of fused-ring (bicyclic) bond motifs is 1. The van der Waals surface area contributed by atoms with Crippen molar-refractivity contribution in [2.24, 2.45) is 0 Å². The highest BCUT2D eigenvalue weighted by molar-refractivity contribution is 7.18. The summed E-state index contributed by atoms with van der Waals surface area (Å²) in [5, 5.41) is 4.18. The zero-order valence-electron chi connectivity index (χ0n) is 13.9. The minimum absolute atomic E-state index is 0. The minimum Gasteiger partial charge on any atom is -0.315 e. The fraction of sp³-hybridized carbons (Fsp3) is 0.625. The van der Waals surface area contributed by atoms with Gasteiger partial charge in [-0.1, -0.05) is 6.92 Å². The van der Waals surface area contributed by atoms with E-state index in [-0.39, 0.29) is 18.0 Å². The lowest BCUT2D eigenvalue weighted by molar-refractivity contribution is 0.195. The first-order valence-electron chi connectivity index (χ1n) is 8.03. The van der Waals surface area contributed by atoms with Gasteiger partial charge in [-0.25, -0.2) is 4.98 Å². The Kier molecular flexibility index (Phi) is 6.19. The lowest BCUT2D eigenvalue weighted by atomic mass is 10.2. The standard InChI is InChI=1S/C16H24N4OS.ClH/c1-4-7-20(12-5-6-17-8-12)9-13-18-15(21)14-10(2)11(3)22-16(14)19-13;/h12,17H,4-9H2,1-3H3,(H,18,19,21);1H. The number of nitrogens with zero attached hydrogens (tertiary/aromatic N) is 2. The summed E-state index contributed by atoms with van der Waals surface area (Å²) in [4.78, 5) is 24.6. The monoisotopic (exact) mass is 356 g/mol. The van der Waals surface area contributed by atoms with Crippen molar-refractivity contribution in [3.63, 3.8) is 0 Å². The SMILES string of the molecule is CCCN(Cc1nc2sc(C)c(C)c2c(=O)[nH]1)C1CCNC1.Cl. The first kappa shape index (κ1) is 18.4. The van der Waals surface area contributed by atoms with E-state index in [4.69, 9.17) is 4.98 Å². The number of aromatic amines is 1. The molecule has 2 N–H and O–H groups in total. The lowest BCUT2D eigenvalue weighted by Gasteiger charge is -2.27. The average molecular weight is 357 g/mol. The smallest absolute Gasteiger partial charge is 0.259 e. The number of H-pyrrole nitrogens is 1. The number of nitrogens with one attached hydrogen (secondary N) is 2. The molecule has 0 aliphatic carbocycles. The van der Waals surface area contributed by atoms with Crippen LogP contribution in [0.3, 0.4) is 0 Å². The van der Waals surface area contributed by atoms with Gasteiger partial charge in [0.1, 0.15) is 10.7 Å². The molecule has 2 aromatic rings. The van der Waals surface area contributed by atoms with Gasteiger partial charge < -0.3 is 10.3 Å². The summed E-state index contributed by atoms with van der Waals surface area (Å²) < 4.78 is 0. The van der Waals surface area contributed by atoms with Crippen LogP contribution >= 0.6 is 23.7 Å². The highest BCUT2D eigenvalue weighted by Gasteiger charge is 2.23. The van der Waals surface area contributed by atoms with Crippen LogP contribution in [-0.4, -0.2) is 40.5 Å². The van der Waals surface area contributed by atoms with Crippen molar-refractivity contribution in [2.45, 2.75) is 46.2 Å². The van der Waals surface area contributed by atoms with Gasteiger partial charge in [0.25, 0.3) is 5.56 Å². The predicted molar refractivity (Wildman–Crippen MR) is 98.9 cm³/mol. The Labute approximate surface area is 146 Å². The maximum Gasteiger partial charge on any atom is 0.259 e. The molecule has 0 aromatic carbocycles. The van der Waals surface area contributed by atoms with Gasteiger partial charge in [-0.2, -0.15) is 0 Å². The van der Waals surface area contributed by atoms with Gasteiger partial charge in [-0.05, 0) is 45.3 Å². The number of hydrogen-bond acceptors (Lipinski definition) is 5. The van der Waals surface area contributed by atoms with Gasteiger partial charge in [0.2, 0.25) is 0 Å². The molecule has 128 valence electrons. The van der Waals surface area contributed by atoms with Gasteiger partial charge in [-0.3, -0.25) is 9.69 Å². The topological polar surface area (TPSA) is 61.0 Å². The second kappa shape index (κ2) is 7.75. The molecular weight excluding hydrogens is 332 g/mol. The molecule has 0 radical (unpaired) electrons. The molecule has 0 saturated carbocycles. The van der Waals surface area contributed by atoms with E-state index in [0.29, 0.717) is 6.04 Å². The largest absolute Gasteiger partial charge is 0.315 e. The number of thiophene rings is 1. The van der Waals surface area contributed by atoms with Crippen LogP contribution < -0.4 is 10.9 Å². The third-order valence-corrected chi connectivity index (χ3v) is 5.60. The van der Waals surface area contributed by atoms with E-state index < -0.39 is 0 Å². The van der Waals surface area contributed by atoms with E-state index in [1.807, 2.05) is 13.8 Å². The normalized spacial score (nSPS) is 17.8. The van der Waals surface area contributed by atoms with E-state index in [0.717, 1.165) is 54.2 Å². The third kappa shape index (κ3) is 3.76. The molecule has 1 fully saturated rings. The van der Waals surface area contributed by atoms with Gasteiger partial charge in [0.15, 0.2) is 0 Å². The van der Waals surface area contributed by atoms with Crippen molar-refractivity contribution in [1.82, 2.24) is 20.2 Å². The molecule has 5 nitrogen and oxygen atoms in total. The van der Waals surface area contributed by atoms with E-state index in [9.17, 15) is 4.79 Å². The molecule has 23 heavy (non-hydrogen) atoms. The van der Waals surface area contributed by atoms with Crippen molar-refractivity contribution in [3.05, 3.63) is 26.6 Å². The highest BCUT2D eigenvalue weighted by Crippen LogP contribution is 2.26. The van der Waals surface area contributed by atoms with Gasteiger partial charge in [0.05, 0.1) is 11.9 Å². The summed E-state index contributed by atoms with van der Waals surface area (Å²) in [5.74, 6) is 0.791. The highest BCUT2D eigenvalue weighted by atomic mass is 35.5. The maximum absolute atomic E-state index is 12.4. The molecule has 1 unspecified atom stereocenters. The molecule has 0 bridgehead atoms. The van der Waals surface area contributed by atoms with Crippen LogP contribution in [0.5, 0.6) is 0 Å². The molecule has 1 atom stereocenters. The van der Waals surface area contributed by atoms with Crippen LogP contribution in [0.4, 0.5) is 0 Å². The Bertz CT molecular complexity index is 721. The Hall–Kier alpha value is -0.950. The molecule has 1 aliphatic rings. The molecule has 1 saturated heterocycles. The summed E-state index contributed by atoms with van der Waals surface area (Å²) >= 11 is 1.62. The Morgan fingerprint density at radius 1 is 1.39 bits per heavy atom. The van der Waals surface area contributed by atoms with Crippen LogP contribution in [0.1, 0.15) is 36.0 Å². The van der Waals surface area contributed by atoms with E-state index in [2.05, 4.69) is 22.1 Å². The number of halogens is 1. The summed E-state index contributed by atoms with van der Waals surface area (Å²) in [5.41, 5.74) is 1.06. The number of aryl methyl sites for hydroxylation is 2. The Balaban J connectivity index is 0.00000192. The number of aromatic nitrogens is 2. The third-order valence-electron chi connectivity index (χ3n) is 4.50. The van der Waals surface area contributed by atoms with Gasteiger partial charge >= 0.3 is 0 Å². The summed E-state index contributed by atoms with van der Waals surface area (Å²) in [7, 11) is 0. The lowest BCUT2D eigenvalue weighted by Crippen LogP contribution is -2.37. The second-order valence-electron chi connectivity index (χ2n) is 6.09. The predicted octanol–water partition coefficient (Wildman–Crippen LogP) is 2.60. The van der Waals surface area contributed by atoms with Crippen LogP contribution in [-0.2, 0) is 6.54 Å². The molecular formula is C16H25ClN4OS. The van der Waals surface area contributed by atoms with E-state index >= 15 is 0 Å². The van der Waals surface area contributed by atoms with Crippen molar-refractivity contribution < 1.29 is 0 Å². The molecule has 3 heterocycles. The second-order valence-corrected chi connectivity index (χ2v) is 7.30. The molecule has 2 aromatic heterocycles. The number of hydrogen-bond donors (Lipinski definition) is 2. The van der Waals surface area contributed by atoms with Gasteiger partial charge in [-0.15, -0.1) is 23.7 Å². The molecule has 3 rings (SSSR count). The van der Waals surface area contributed by atoms with Crippen molar-refractivity contribution in [1.29, 1.82) is 0 Å². The van der Waals surface area contributed by atoms with Crippen LogP contribution in [0.2, 0.25) is 0 Å². The zero-order valence-corrected chi connectivity index (χ0v) is 15.6. The van der Waals surface area contributed by atoms with Crippen molar-refractivity contribution >= 4 is 34.0 Å².